The Morgan fingerprint density at radius 2 is 1.79 bits per heavy atom. The van der Waals surface area contributed by atoms with Crippen molar-refractivity contribution >= 4 is 0 Å². The first kappa shape index (κ1) is 11.1. The van der Waals surface area contributed by atoms with Gasteiger partial charge in [0.2, 0.25) is 0 Å². The van der Waals surface area contributed by atoms with Gasteiger partial charge in [0.15, 0.2) is 0 Å². The van der Waals surface area contributed by atoms with Gasteiger partial charge in [-0.1, -0.05) is 26.0 Å². The highest BCUT2D eigenvalue weighted by Crippen LogP contribution is 2.32. The van der Waals surface area contributed by atoms with E-state index in [1.54, 1.807) is 13.8 Å². The van der Waals surface area contributed by atoms with E-state index in [1.807, 2.05) is 0 Å². The molecule has 78 valence electrons. The summed E-state index contributed by atoms with van der Waals surface area (Å²) in [6.07, 6.45) is -0.784. The molecule has 0 aliphatic rings. The second-order valence-corrected chi connectivity index (χ2v) is 4.10. The number of hydrogen-bond acceptors (Lipinski definition) is 2. The lowest BCUT2D eigenvalue weighted by molar-refractivity contribution is 0.00635. The second-order valence-electron chi connectivity index (χ2n) is 4.10. The Labute approximate surface area is 83.0 Å². The minimum Gasteiger partial charge on any atom is -0.396 e. The van der Waals surface area contributed by atoms with Gasteiger partial charge >= 0.3 is 0 Å². The van der Waals surface area contributed by atoms with Crippen molar-refractivity contribution in [1.82, 2.24) is 0 Å². The largest absolute Gasteiger partial charge is 0.396 e. The number of benzene rings is 1. The summed E-state index contributed by atoms with van der Waals surface area (Å²) in [5, 5.41) is 18.9. The fourth-order valence-corrected chi connectivity index (χ4v) is 1.18. The third-order valence-corrected chi connectivity index (χ3v) is 2.33. The third kappa shape index (κ3) is 2.30. The maximum absolute atomic E-state index is 12.6. The lowest BCUT2D eigenvalue weighted by Gasteiger charge is -2.28. The molecule has 0 radical (unpaired) electrons. The van der Waals surface area contributed by atoms with Crippen molar-refractivity contribution < 1.29 is 14.6 Å². The smallest absolute Gasteiger partial charge is 0.123 e. The average molecular weight is 198 g/mol. The van der Waals surface area contributed by atoms with E-state index in [0.717, 1.165) is 0 Å². The van der Waals surface area contributed by atoms with Crippen molar-refractivity contribution in [2.45, 2.75) is 20.0 Å². The van der Waals surface area contributed by atoms with E-state index < -0.39 is 11.5 Å². The summed E-state index contributed by atoms with van der Waals surface area (Å²) in [7, 11) is 0. The van der Waals surface area contributed by atoms with E-state index in [-0.39, 0.29) is 12.4 Å². The highest BCUT2D eigenvalue weighted by molar-refractivity contribution is 5.20. The highest BCUT2D eigenvalue weighted by Gasteiger charge is 2.28. The van der Waals surface area contributed by atoms with Crippen LogP contribution in [0.15, 0.2) is 24.3 Å². The van der Waals surface area contributed by atoms with Crippen LogP contribution in [0.1, 0.15) is 25.5 Å². The molecule has 0 fully saturated rings. The van der Waals surface area contributed by atoms with Crippen molar-refractivity contribution in [1.29, 1.82) is 0 Å². The van der Waals surface area contributed by atoms with Crippen LogP contribution in [0, 0.1) is 11.2 Å². The summed E-state index contributed by atoms with van der Waals surface area (Å²) >= 11 is 0. The van der Waals surface area contributed by atoms with Crippen LogP contribution in [0.4, 0.5) is 4.39 Å². The summed E-state index contributed by atoms with van der Waals surface area (Å²) in [5.74, 6) is -0.331. The molecule has 3 heteroatoms. The number of rotatable bonds is 3. The molecule has 1 aromatic rings. The molecule has 0 saturated heterocycles. The minimum atomic E-state index is -0.784. The fraction of sp³-hybridized carbons (Fsp3) is 0.455. The van der Waals surface area contributed by atoms with Gasteiger partial charge in [0, 0.05) is 5.41 Å². The predicted molar refractivity (Wildman–Crippen MR) is 52.2 cm³/mol. The van der Waals surface area contributed by atoms with Crippen LogP contribution in [-0.4, -0.2) is 16.8 Å². The van der Waals surface area contributed by atoms with Crippen molar-refractivity contribution in [3.8, 4) is 0 Å². The predicted octanol–water partition coefficient (Wildman–Crippen LogP) is 1.88. The average Bonchev–Trinajstić information content (AvgIpc) is 2.18. The zero-order valence-electron chi connectivity index (χ0n) is 8.37. The van der Waals surface area contributed by atoms with Gasteiger partial charge in [0.05, 0.1) is 12.7 Å². The Bertz CT molecular complexity index is 293. The van der Waals surface area contributed by atoms with E-state index in [1.165, 1.54) is 24.3 Å². The number of aliphatic hydroxyl groups excluding tert-OH is 2. The van der Waals surface area contributed by atoms with Gasteiger partial charge in [-0.15, -0.1) is 0 Å². The normalized spacial score (nSPS) is 14.1. The van der Waals surface area contributed by atoms with Crippen molar-refractivity contribution in [2.24, 2.45) is 5.41 Å². The lowest BCUT2D eigenvalue weighted by atomic mass is 9.83. The summed E-state index contributed by atoms with van der Waals surface area (Å²) in [6.45, 7) is 3.38. The molecule has 0 aromatic heterocycles. The zero-order chi connectivity index (χ0) is 10.8. The van der Waals surface area contributed by atoms with Crippen LogP contribution in [0.2, 0.25) is 0 Å². The summed E-state index contributed by atoms with van der Waals surface area (Å²) in [5.41, 5.74) is 0.00289. The SMILES string of the molecule is CC(C)(CO)C(O)c1ccc(F)cc1. The van der Waals surface area contributed by atoms with Crippen LogP contribution < -0.4 is 0 Å². The molecule has 0 aliphatic heterocycles. The molecule has 1 atom stereocenters. The van der Waals surface area contributed by atoms with E-state index in [4.69, 9.17) is 5.11 Å². The van der Waals surface area contributed by atoms with Gasteiger partial charge in [-0.3, -0.25) is 0 Å². The van der Waals surface area contributed by atoms with Gasteiger partial charge in [-0.05, 0) is 17.7 Å². The van der Waals surface area contributed by atoms with Gasteiger partial charge < -0.3 is 10.2 Å². The Kier molecular flexibility index (Phi) is 3.24. The molecule has 0 saturated carbocycles. The Morgan fingerprint density at radius 3 is 2.21 bits per heavy atom. The first-order valence-electron chi connectivity index (χ1n) is 4.52. The maximum Gasteiger partial charge on any atom is 0.123 e. The van der Waals surface area contributed by atoms with Crippen molar-refractivity contribution in [2.75, 3.05) is 6.61 Å². The van der Waals surface area contributed by atoms with Gasteiger partial charge in [-0.25, -0.2) is 4.39 Å². The summed E-state index contributed by atoms with van der Waals surface area (Å²) < 4.78 is 12.6. The molecule has 2 nitrogen and oxygen atoms in total. The zero-order valence-corrected chi connectivity index (χ0v) is 8.37. The van der Waals surface area contributed by atoms with Crippen LogP contribution in [0.25, 0.3) is 0 Å². The van der Waals surface area contributed by atoms with Crippen LogP contribution in [0.5, 0.6) is 0 Å². The Morgan fingerprint density at radius 1 is 1.29 bits per heavy atom. The number of aliphatic hydroxyl groups is 2. The van der Waals surface area contributed by atoms with Crippen LogP contribution in [0.3, 0.4) is 0 Å². The minimum absolute atomic E-state index is 0.120. The third-order valence-electron chi connectivity index (χ3n) is 2.33. The monoisotopic (exact) mass is 198 g/mol. The first-order chi connectivity index (χ1) is 6.47. The number of halogens is 1. The van der Waals surface area contributed by atoms with E-state index >= 15 is 0 Å². The van der Waals surface area contributed by atoms with E-state index in [9.17, 15) is 9.50 Å². The molecule has 2 N–H and O–H groups in total. The summed E-state index contributed by atoms with van der Waals surface area (Å²) in [4.78, 5) is 0. The molecule has 14 heavy (non-hydrogen) atoms. The Balaban J connectivity index is 2.89. The van der Waals surface area contributed by atoms with Crippen molar-refractivity contribution in [3.05, 3.63) is 35.6 Å². The standard InChI is InChI=1S/C11H15FO2/c1-11(2,7-13)10(14)8-3-5-9(12)6-4-8/h3-6,10,13-14H,7H2,1-2H3. The first-order valence-corrected chi connectivity index (χ1v) is 4.52. The van der Waals surface area contributed by atoms with E-state index in [0.29, 0.717) is 5.56 Å². The quantitative estimate of drug-likeness (QED) is 0.778. The highest BCUT2D eigenvalue weighted by atomic mass is 19.1. The van der Waals surface area contributed by atoms with Gasteiger partial charge in [0.25, 0.3) is 0 Å². The van der Waals surface area contributed by atoms with Crippen molar-refractivity contribution in [3.63, 3.8) is 0 Å². The van der Waals surface area contributed by atoms with Gasteiger partial charge in [0.1, 0.15) is 5.82 Å². The molecule has 0 amide bonds. The molecule has 1 aromatic carbocycles. The maximum atomic E-state index is 12.6. The molecular formula is C11H15FO2. The molecule has 0 heterocycles. The molecule has 1 unspecified atom stereocenters. The molecule has 0 aliphatic carbocycles. The van der Waals surface area contributed by atoms with Crippen LogP contribution in [-0.2, 0) is 0 Å². The molecule has 1 rings (SSSR count). The molecular weight excluding hydrogens is 183 g/mol. The second kappa shape index (κ2) is 4.07. The fourth-order valence-electron chi connectivity index (χ4n) is 1.18. The molecule has 0 spiro atoms. The van der Waals surface area contributed by atoms with Crippen LogP contribution >= 0.6 is 0 Å². The van der Waals surface area contributed by atoms with Gasteiger partial charge in [-0.2, -0.15) is 0 Å². The Hall–Kier alpha value is -0.930. The summed E-state index contributed by atoms with van der Waals surface area (Å²) in [6, 6.07) is 5.65. The molecule has 0 bridgehead atoms. The van der Waals surface area contributed by atoms with E-state index in [2.05, 4.69) is 0 Å². The number of hydrogen-bond donors (Lipinski definition) is 2. The topological polar surface area (TPSA) is 40.5 Å². The lowest BCUT2D eigenvalue weighted by Crippen LogP contribution is -2.25.